The molecule has 4 aromatic rings. The number of nitrogens with one attached hydrogen (secondary N) is 4. The largest absolute Gasteiger partial charge is 0.322 e. The van der Waals surface area contributed by atoms with Crippen molar-refractivity contribution < 1.29 is 38.4 Å². The predicted molar refractivity (Wildman–Crippen MR) is 311 cm³/mol. The van der Waals surface area contributed by atoms with Crippen LogP contribution in [0.1, 0.15) is 192 Å². The van der Waals surface area contributed by atoms with E-state index in [0.29, 0.717) is 70.2 Å². The second kappa shape index (κ2) is 19.0. The molecule has 2 aromatic heterocycles. The highest BCUT2D eigenvalue weighted by molar-refractivity contribution is 6.14. The monoisotopic (exact) mass is 1190 g/mol. The van der Waals surface area contributed by atoms with E-state index in [-0.39, 0.29) is 130 Å². The zero-order valence-corrected chi connectivity index (χ0v) is 50.3. The molecule has 2 aromatic carbocycles. The fourth-order valence-corrected chi connectivity index (χ4v) is 16.4. The Kier molecular flexibility index (Phi) is 12.3. The molecule has 0 atom stereocenters. The van der Waals surface area contributed by atoms with Crippen molar-refractivity contribution in [2.45, 2.75) is 200 Å². The van der Waals surface area contributed by atoms with Gasteiger partial charge in [0.05, 0.1) is 52.4 Å². The van der Waals surface area contributed by atoms with Crippen molar-refractivity contribution in [3.8, 4) is 0 Å². The fourth-order valence-electron chi connectivity index (χ4n) is 16.4. The summed E-state index contributed by atoms with van der Waals surface area (Å²) >= 11 is 0. The summed E-state index contributed by atoms with van der Waals surface area (Å²) in [6.07, 6.45) is 1.97. The van der Waals surface area contributed by atoms with Gasteiger partial charge in [-0.2, -0.15) is 0 Å². The molecule has 2 aliphatic carbocycles. The van der Waals surface area contributed by atoms with Crippen LogP contribution in [-0.2, 0) is 71.5 Å². The maximum absolute atomic E-state index is 15.1. The van der Waals surface area contributed by atoms with Crippen LogP contribution in [0.25, 0.3) is 0 Å². The van der Waals surface area contributed by atoms with Crippen molar-refractivity contribution in [1.82, 2.24) is 59.6 Å². The van der Waals surface area contributed by atoms with Crippen LogP contribution in [0.3, 0.4) is 0 Å². The normalized spacial score (nSPS) is 26.1. The number of rotatable bonds is 16. The molecule has 456 valence electrons. The molecular weight excluding hydrogens is 1120 g/mol. The molecule has 87 heavy (non-hydrogen) atoms. The summed E-state index contributed by atoms with van der Waals surface area (Å²) < 4.78 is 5.46. The molecule has 14 rings (SSSR count). The predicted octanol–water partition coefficient (Wildman–Crippen LogP) is 4.07. The first kappa shape index (κ1) is 56.4. The van der Waals surface area contributed by atoms with Gasteiger partial charge in [0.1, 0.15) is 0 Å². The van der Waals surface area contributed by atoms with Crippen LogP contribution in [0, 0.1) is 23.7 Å². The quantitative estimate of drug-likeness (QED) is 0.107. The Morgan fingerprint density at radius 2 is 0.586 bits per heavy atom. The van der Waals surface area contributed by atoms with Gasteiger partial charge in [0.2, 0.25) is 22.7 Å². The van der Waals surface area contributed by atoms with Gasteiger partial charge in [-0.05, 0) is 100 Å². The Morgan fingerprint density at radius 1 is 0.368 bits per heavy atom. The second-order valence-electron chi connectivity index (χ2n) is 27.6. The van der Waals surface area contributed by atoms with Crippen LogP contribution in [0.5, 0.6) is 0 Å². The third-order valence-electron chi connectivity index (χ3n) is 20.7. The van der Waals surface area contributed by atoms with Gasteiger partial charge in [0, 0.05) is 59.8 Å². The summed E-state index contributed by atoms with van der Waals surface area (Å²) in [5.41, 5.74) is -4.42. The number of hydrogen-bond acceptors (Lipinski definition) is 12. The van der Waals surface area contributed by atoms with Gasteiger partial charge < -0.3 is 21.3 Å². The van der Waals surface area contributed by atoms with E-state index < -0.39 is 104 Å². The van der Waals surface area contributed by atoms with E-state index in [0.717, 1.165) is 0 Å². The van der Waals surface area contributed by atoms with E-state index >= 15 is 19.2 Å². The number of fused-ring (bicyclic) bond motifs is 14. The molecule has 0 radical (unpaired) electrons. The smallest absolute Gasteiger partial charge is 0.304 e. The SMILES string of the molecule is CC(C)CCC(=O)C12NC(=O)N3Cc4cc5c(cc4CN(C(=O)N1)C32C(=O)CCC(C)C)Cn1c(=O)c2c(c(=O)n1C5)C1CC2c2c1c(=O)n1n(c2=O)Cc2cc3c(cc2C1)CN1C(=O)NC2(C(=O)CCC(C)C)NC(=O)N(C3)C12C(=O)CCC(C)C. The van der Waals surface area contributed by atoms with Crippen LogP contribution < -0.4 is 43.5 Å². The maximum Gasteiger partial charge on any atom is 0.322 e. The van der Waals surface area contributed by atoms with Crippen LogP contribution in [-0.4, -0.2) is 108 Å². The Balaban J connectivity index is 0.795. The molecule has 8 amide bonds. The van der Waals surface area contributed by atoms with Crippen molar-refractivity contribution in [2.75, 3.05) is 0 Å². The molecule has 8 aliphatic heterocycles. The number of Topliss-reactive ketones (excluding diaryl/α,β-unsaturated/α-hetero) is 4. The standard InChI is InChI=1S/C63H72N12O12/c1-30(2)9-13-44(76)60-62(46(78)15-11-32(5)6)68(56(84)64-60)22-34-17-38-26-72-52(80)48-42-21-43(49(48)53(81)73(72)27-39(38)18-35(34)23-69(62)57(85)65-60)51-50(42)54(82)74-28-40-19-36-24-70-58(86)66-61(45(77)14-10-31(3)4)63(70,47(79)16-12-33(7)8)71(59(87)67-61)25-37(36)20-41(40)29-75(74)55(51)83/h17-20,30-33,42-43H,9-16,21-29H2,1-8H3,(H,64,84)(H,65,85)(H,66,86)(H,67,87). The summed E-state index contributed by atoms with van der Waals surface area (Å²) in [5.74, 6) is -3.13. The molecule has 24 heteroatoms. The molecule has 0 saturated carbocycles. The minimum atomic E-state index is -2.05. The topological polar surface area (TPSA) is 286 Å². The minimum Gasteiger partial charge on any atom is -0.304 e. The first-order valence-electron chi connectivity index (χ1n) is 30.8. The van der Waals surface area contributed by atoms with E-state index in [4.69, 9.17) is 0 Å². The molecule has 2 bridgehead atoms. The number of carbonyl (C=O) groups excluding carboxylic acids is 8. The van der Waals surface area contributed by atoms with Crippen molar-refractivity contribution >= 4 is 47.3 Å². The van der Waals surface area contributed by atoms with E-state index in [2.05, 4.69) is 21.3 Å². The molecule has 24 nitrogen and oxygen atoms in total. The van der Waals surface area contributed by atoms with E-state index in [1.165, 1.54) is 38.3 Å². The molecule has 0 spiro atoms. The van der Waals surface area contributed by atoms with Crippen molar-refractivity contribution in [3.63, 3.8) is 0 Å². The molecule has 10 aliphatic rings. The maximum atomic E-state index is 15.1. The van der Waals surface area contributed by atoms with Crippen molar-refractivity contribution in [2.24, 2.45) is 23.7 Å². The molecule has 4 N–H and O–H groups in total. The Labute approximate surface area is 499 Å². The average Bonchev–Trinajstić information content (AvgIpc) is 1.54. The van der Waals surface area contributed by atoms with Gasteiger partial charge >= 0.3 is 24.1 Å². The molecule has 4 fully saturated rings. The Hall–Kier alpha value is -8.44. The van der Waals surface area contributed by atoms with Gasteiger partial charge in [-0.15, -0.1) is 0 Å². The molecule has 4 saturated heterocycles. The van der Waals surface area contributed by atoms with Gasteiger partial charge in [0.25, 0.3) is 22.2 Å². The van der Waals surface area contributed by atoms with Crippen LogP contribution in [0.15, 0.2) is 43.4 Å². The number of nitrogens with zero attached hydrogens (tertiary/aromatic N) is 8. The molecule has 10 heterocycles. The summed E-state index contributed by atoms with van der Waals surface area (Å²) in [6, 6.07) is 4.60. The first-order chi connectivity index (χ1) is 41.3. The number of aromatic nitrogens is 4. The number of ketones is 4. The molecular formula is C63H72N12O12. The number of amides is 8. The summed E-state index contributed by atoms with van der Waals surface area (Å²) in [6.45, 7) is 14.8. The van der Waals surface area contributed by atoms with E-state index in [1.54, 1.807) is 0 Å². The highest BCUT2D eigenvalue weighted by Gasteiger charge is 2.80. The minimum absolute atomic E-state index is 0.00208. The van der Waals surface area contributed by atoms with Gasteiger partial charge in [-0.3, -0.25) is 58.0 Å². The van der Waals surface area contributed by atoms with Gasteiger partial charge in [-0.25, -0.2) is 37.9 Å². The summed E-state index contributed by atoms with van der Waals surface area (Å²) in [5, 5.41) is 11.2. The van der Waals surface area contributed by atoms with Crippen LogP contribution in [0.2, 0.25) is 0 Å². The molecule has 0 unspecified atom stereocenters. The number of urea groups is 4. The number of carbonyl (C=O) groups is 8. The second-order valence-corrected chi connectivity index (χ2v) is 27.6. The van der Waals surface area contributed by atoms with Gasteiger partial charge in [-0.1, -0.05) is 79.7 Å². The zero-order chi connectivity index (χ0) is 61.6. The lowest BCUT2D eigenvalue weighted by Gasteiger charge is -2.43. The zero-order valence-electron chi connectivity index (χ0n) is 50.3. The van der Waals surface area contributed by atoms with Crippen LogP contribution >= 0.6 is 0 Å². The lowest BCUT2D eigenvalue weighted by atomic mass is 9.81. The van der Waals surface area contributed by atoms with Crippen molar-refractivity contribution in [3.05, 3.63) is 132 Å². The van der Waals surface area contributed by atoms with E-state index in [9.17, 15) is 38.4 Å². The summed E-state index contributed by atoms with van der Waals surface area (Å²) in [4.78, 5) is 182. The fraction of sp³-hybridized carbons (Fsp3) is 0.556. The Bertz CT molecular complexity index is 3690. The average molecular weight is 1190 g/mol. The van der Waals surface area contributed by atoms with Crippen LogP contribution in [0.4, 0.5) is 19.2 Å². The third kappa shape index (κ3) is 7.34. The van der Waals surface area contributed by atoms with E-state index in [1.807, 2.05) is 79.7 Å². The lowest BCUT2D eigenvalue weighted by Crippen LogP contribution is -2.74. The highest BCUT2D eigenvalue weighted by atomic mass is 16.2. The third-order valence-corrected chi connectivity index (χ3v) is 20.7. The summed E-state index contributed by atoms with van der Waals surface area (Å²) in [7, 11) is 0. The Morgan fingerprint density at radius 3 is 0.816 bits per heavy atom. The van der Waals surface area contributed by atoms with Gasteiger partial charge in [0.15, 0.2) is 23.1 Å². The highest BCUT2D eigenvalue weighted by Crippen LogP contribution is 2.54. The number of benzene rings is 2. The van der Waals surface area contributed by atoms with Crippen molar-refractivity contribution in [1.29, 1.82) is 0 Å². The number of hydrogen-bond donors (Lipinski definition) is 4. The lowest BCUT2D eigenvalue weighted by molar-refractivity contribution is -0.149. The first-order valence-corrected chi connectivity index (χ1v) is 30.8.